The van der Waals surface area contributed by atoms with Crippen molar-refractivity contribution in [2.24, 2.45) is 0 Å². The molecule has 102 valence electrons. The van der Waals surface area contributed by atoms with E-state index < -0.39 is 0 Å². The summed E-state index contributed by atoms with van der Waals surface area (Å²) in [6.45, 7) is 4.48. The molecule has 0 saturated heterocycles. The normalized spacial score (nSPS) is 10.4. The number of hydrogen-bond donors (Lipinski definition) is 2. The number of nitrogens with one attached hydrogen (secondary N) is 2. The number of anilines is 2. The molecule has 0 spiro atoms. The first-order valence-corrected chi connectivity index (χ1v) is 7.42. The minimum absolute atomic E-state index is 0.764. The molecule has 0 aromatic carbocycles. The first-order valence-electron chi connectivity index (χ1n) is 6.20. The summed E-state index contributed by atoms with van der Waals surface area (Å²) >= 11 is 1.53. The van der Waals surface area contributed by atoms with E-state index in [-0.39, 0.29) is 0 Å². The topological polar surface area (TPSA) is 67.7 Å². The molecule has 0 radical (unpaired) electrons. The lowest BCUT2D eigenvalue weighted by molar-refractivity contribution is 0.636. The molecule has 6 nitrogen and oxygen atoms in total. The zero-order chi connectivity index (χ0) is 13.5. The van der Waals surface area contributed by atoms with E-state index in [1.54, 1.807) is 6.20 Å². The highest BCUT2D eigenvalue weighted by atomic mass is 32.2. The van der Waals surface area contributed by atoms with Gasteiger partial charge < -0.3 is 10.6 Å². The third-order valence-corrected chi connectivity index (χ3v) is 3.00. The first-order chi connectivity index (χ1) is 9.31. The van der Waals surface area contributed by atoms with Crippen molar-refractivity contribution in [1.82, 2.24) is 19.7 Å². The molecule has 2 heterocycles. The van der Waals surface area contributed by atoms with E-state index in [9.17, 15) is 0 Å². The predicted octanol–water partition coefficient (Wildman–Crippen LogP) is 1.94. The molecule has 0 unspecified atom stereocenters. The monoisotopic (exact) mass is 278 g/mol. The van der Waals surface area contributed by atoms with E-state index in [0.29, 0.717) is 0 Å². The van der Waals surface area contributed by atoms with Gasteiger partial charge in [-0.2, -0.15) is 5.10 Å². The van der Waals surface area contributed by atoms with Crippen LogP contribution in [0.15, 0.2) is 29.7 Å². The fourth-order valence-electron chi connectivity index (χ4n) is 1.61. The Hall–Kier alpha value is -1.76. The Bertz CT molecular complexity index is 499. The molecule has 0 saturated carbocycles. The van der Waals surface area contributed by atoms with Crippen molar-refractivity contribution in [3.63, 3.8) is 0 Å². The van der Waals surface area contributed by atoms with E-state index in [0.717, 1.165) is 36.4 Å². The molecule has 19 heavy (non-hydrogen) atoms. The summed E-state index contributed by atoms with van der Waals surface area (Å²) in [5.74, 6) is 1.69. The van der Waals surface area contributed by atoms with Gasteiger partial charge in [0.2, 0.25) is 0 Å². The van der Waals surface area contributed by atoms with Crippen molar-refractivity contribution in [2.75, 3.05) is 30.0 Å². The summed E-state index contributed by atoms with van der Waals surface area (Å²) in [7, 11) is 0. The molecule has 2 aromatic rings. The maximum Gasteiger partial charge on any atom is 0.191 e. The van der Waals surface area contributed by atoms with Crippen molar-refractivity contribution in [3.8, 4) is 0 Å². The minimum Gasteiger partial charge on any atom is -0.370 e. The van der Waals surface area contributed by atoms with Crippen LogP contribution in [0.3, 0.4) is 0 Å². The van der Waals surface area contributed by atoms with Crippen molar-refractivity contribution >= 4 is 23.4 Å². The Morgan fingerprint density at radius 3 is 2.68 bits per heavy atom. The van der Waals surface area contributed by atoms with E-state index >= 15 is 0 Å². The molecule has 0 atom stereocenters. The van der Waals surface area contributed by atoms with Crippen molar-refractivity contribution in [2.45, 2.75) is 18.6 Å². The van der Waals surface area contributed by atoms with Crippen molar-refractivity contribution in [3.05, 3.63) is 24.5 Å². The van der Waals surface area contributed by atoms with Gasteiger partial charge in [-0.3, -0.25) is 4.68 Å². The van der Waals surface area contributed by atoms with Gasteiger partial charge in [-0.1, -0.05) is 11.8 Å². The van der Waals surface area contributed by atoms with Gasteiger partial charge in [0.1, 0.15) is 11.6 Å². The lowest BCUT2D eigenvalue weighted by Crippen LogP contribution is -2.12. The minimum atomic E-state index is 0.764. The lowest BCUT2D eigenvalue weighted by atomic mass is 10.5. The second-order valence-corrected chi connectivity index (χ2v) is 4.62. The molecule has 0 amide bonds. The Morgan fingerprint density at radius 2 is 2.05 bits per heavy atom. The van der Waals surface area contributed by atoms with Crippen LogP contribution in [-0.2, 0) is 6.54 Å². The average Bonchev–Trinajstić information content (AvgIpc) is 2.92. The Balaban J connectivity index is 1.96. The van der Waals surface area contributed by atoms with Crippen LogP contribution in [-0.4, -0.2) is 39.1 Å². The van der Waals surface area contributed by atoms with Crippen LogP contribution in [0.4, 0.5) is 11.6 Å². The maximum absolute atomic E-state index is 4.42. The molecule has 0 aliphatic carbocycles. The molecule has 2 aromatic heterocycles. The second kappa shape index (κ2) is 6.98. The van der Waals surface area contributed by atoms with Gasteiger partial charge in [0, 0.05) is 31.5 Å². The molecule has 0 aliphatic rings. The fraction of sp³-hybridized carbons (Fsp3) is 0.417. The zero-order valence-corrected chi connectivity index (χ0v) is 11.9. The van der Waals surface area contributed by atoms with Gasteiger partial charge in [0.25, 0.3) is 0 Å². The van der Waals surface area contributed by atoms with E-state index in [2.05, 4.69) is 25.7 Å². The standard InChI is InChI=1S/C12H18N6S/c1-3-13-10-9-11(17-12(16-10)19-2)14-6-8-18-7-4-5-15-18/h4-5,7,9H,3,6,8H2,1-2H3,(H2,13,14,16,17). The number of hydrogen-bond acceptors (Lipinski definition) is 6. The molecule has 2 N–H and O–H groups in total. The Kier molecular flexibility index (Phi) is 5.02. The van der Waals surface area contributed by atoms with Crippen LogP contribution in [0.25, 0.3) is 0 Å². The summed E-state index contributed by atoms with van der Waals surface area (Å²) < 4.78 is 1.88. The molecular weight excluding hydrogens is 260 g/mol. The van der Waals surface area contributed by atoms with Crippen LogP contribution in [0, 0.1) is 0 Å². The van der Waals surface area contributed by atoms with E-state index in [1.165, 1.54) is 11.8 Å². The van der Waals surface area contributed by atoms with E-state index in [1.807, 2.05) is 36.2 Å². The third-order valence-electron chi connectivity index (χ3n) is 2.45. The summed E-state index contributed by atoms with van der Waals surface area (Å²) in [6, 6.07) is 3.84. The lowest BCUT2D eigenvalue weighted by Gasteiger charge is -2.09. The molecule has 0 fully saturated rings. The Morgan fingerprint density at radius 1 is 1.26 bits per heavy atom. The number of rotatable bonds is 7. The van der Waals surface area contributed by atoms with Crippen LogP contribution in [0.2, 0.25) is 0 Å². The third kappa shape index (κ3) is 4.13. The predicted molar refractivity (Wildman–Crippen MR) is 78.7 cm³/mol. The van der Waals surface area contributed by atoms with Crippen LogP contribution >= 0.6 is 11.8 Å². The highest BCUT2D eigenvalue weighted by Gasteiger charge is 2.03. The Labute approximate surface area is 117 Å². The van der Waals surface area contributed by atoms with Gasteiger partial charge in [-0.05, 0) is 19.2 Å². The van der Waals surface area contributed by atoms with Crippen LogP contribution in [0.5, 0.6) is 0 Å². The smallest absolute Gasteiger partial charge is 0.191 e. The maximum atomic E-state index is 4.42. The first kappa shape index (κ1) is 13.7. The van der Waals surface area contributed by atoms with Crippen molar-refractivity contribution < 1.29 is 0 Å². The number of nitrogens with zero attached hydrogens (tertiary/aromatic N) is 4. The highest BCUT2D eigenvalue weighted by Crippen LogP contribution is 2.16. The van der Waals surface area contributed by atoms with Gasteiger partial charge in [0.05, 0.1) is 6.54 Å². The van der Waals surface area contributed by atoms with Gasteiger partial charge in [-0.25, -0.2) is 9.97 Å². The van der Waals surface area contributed by atoms with Gasteiger partial charge in [0.15, 0.2) is 5.16 Å². The summed E-state index contributed by atoms with van der Waals surface area (Å²) in [6.07, 6.45) is 5.69. The zero-order valence-electron chi connectivity index (χ0n) is 11.1. The summed E-state index contributed by atoms with van der Waals surface area (Å²) in [4.78, 5) is 8.81. The second-order valence-electron chi connectivity index (χ2n) is 3.85. The largest absolute Gasteiger partial charge is 0.370 e. The summed E-state index contributed by atoms with van der Waals surface area (Å²) in [5.41, 5.74) is 0. The molecule has 7 heteroatoms. The number of aromatic nitrogens is 4. The van der Waals surface area contributed by atoms with Crippen molar-refractivity contribution in [1.29, 1.82) is 0 Å². The number of thioether (sulfide) groups is 1. The van der Waals surface area contributed by atoms with Crippen LogP contribution in [0.1, 0.15) is 6.92 Å². The average molecular weight is 278 g/mol. The molecular formula is C12H18N6S. The van der Waals surface area contributed by atoms with Crippen LogP contribution < -0.4 is 10.6 Å². The molecule has 0 aliphatic heterocycles. The van der Waals surface area contributed by atoms with Gasteiger partial charge in [-0.15, -0.1) is 0 Å². The quantitative estimate of drug-likeness (QED) is 0.596. The highest BCUT2D eigenvalue weighted by molar-refractivity contribution is 7.98. The SMILES string of the molecule is CCNc1cc(NCCn2cccn2)nc(SC)n1. The fourth-order valence-corrected chi connectivity index (χ4v) is 1.99. The molecule has 2 rings (SSSR count). The summed E-state index contributed by atoms with van der Waals surface area (Å²) in [5, 5.41) is 11.4. The molecule has 0 bridgehead atoms. The van der Waals surface area contributed by atoms with Gasteiger partial charge >= 0.3 is 0 Å². The van der Waals surface area contributed by atoms with E-state index in [4.69, 9.17) is 0 Å².